The summed E-state index contributed by atoms with van der Waals surface area (Å²) in [6, 6.07) is 6.06. The average Bonchev–Trinajstić information content (AvgIpc) is 3.06. The maximum absolute atomic E-state index is 14.1. The molecule has 7 heteroatoms. The number of nitrogens with zero attached hydrogens (tertiary/aromatic N) is 2. The highest BCUT2D eigenvalue weighted by Crippen LogP contribution is 2.37. The number of hydrogen-bond acceptors (Lipinski definition) is 5. The number of aliphatic hydroxyl groups excluding tert-OH is 1. The minimum Gasteiger partial charge on any atom is -0.392 e. The molecule has 0 spiro atoms. The first-order chi connectivity index (χ1) is 12.4. The highest BCUT2D eigenvalue weighted by atomic mass is 32.1. The minimum atomic E-state index is -0.621. The molecule has 1 heterocycles. The highest BCUT2D eigenvalue weighted by molar-refractivity contribution is 7.08. The second kappa shape index (κ2) is 8.79. The Morgan fingerprint density at radius 3 is 2.69 bits per heavy atom. The smallest absolute Gasteiger partial charge is 0.240 e. The number of carbonyl (C=O) groups is 1. The van der Waals surface area contributed by atoms with E-state index in [2.05, 4.69) is 6.07 Å². The van der Waals surface area contributed by atoms with Crippen molar-refractivity contribution in [1.29, 1.82) is 5.26 Å². The molecule has 0 aliphatic rings. The van der Waals surface area contributed by atoms with E-state index in [-0.39, 0.29) is 24.6 Å². The Balaban J connectivity index is 2.49. The number of benzene rings is 1. The van der Waals surface area contributed by atoms with Crippen molar-refractivity contribution >= 4 is 22.9 Å². The molecule has 1 amide bonds. The van der Waals surface area contributed by atoms with Gasteiger partial charge in [0.25, 0.3) is 0 Å². The van der Waals surface area contributed by atoms with Gasteiger partial charge in [0.1, 0.15) is 18.4 Å². The molecule has 2 rings (SSSR count). The summed E-state index contributed by atoms with van der Waals surface area (Å²) in [7, 11) is 0. The predicted molar refractivity (Wildman–Crippen MR) is 101 cm³/mol. The summed E-state index contributed by atoms with van der Waals surface area (Å²) in [6.45, 7) is 3.60. The van der Waals surface area contributed by atoms with Crippen LogP contribution in [0.15, 0.2) is 29.0 Å². The van der Waals surface area contributed by atoms with Crippen LogP contribution < -0.4 is 10.6 Å². The average molecular weight is 375 g/mol. The van der Waals surface area contributed by atoms with Gasteiger partial charge in [0.2, 0.25) is 5.91 Å². The summed E-state index contributed by atoms with van der Waals surface area (Å²) in [5.74, 6) is -0.771. The topological polar surface area (TPSA) is 90.4 Å². The lowest BCUT2D eigenvalue weighted by Gasteiger charge is -2.31. The van der Waals surface area contributed by atoms with E-state index in [1.165, 1.54) is 23.5 Å². The molecule has 0 saturated carbocycles. The van der Waals surface area contributed by atoms with Crippen molar-refractivity contribution < 1.29 is 14.3 Å². The van der Waals surface area contributed by atoms with Crippen molar-refractivity contribution in [2.45, 2.75) is 32.9 Å². The molecule has 1 aromatic heterocycles. The van der Waals surface area contributed by atoms with Gasteiger partial charge < -0.3 is 15.7 Å². The summed E-state index contributed by atoms with van der Waals surface area (Å²) in [4.78, 5) is 13.7. The number of nitrogens with two attached hydrogens (primary N) is 1. The van der Waals surface area contributed by atoms with Crippen LogP contribution in [0.2, 0.25) is 0 Å². The van der Waals surface area contributed by atoms with Crippen LogP contribution in [0.25, 0.3) is 11.1 Å². The first kappa shape index (κ1) is 19.9. The van der Waals surface area contributed by atoms with E-state index >= 15 is 0 Å². The maximum atomic E-state index is 14.1. The van der Waals surface area contributed by atoms with Crippen LogP contribution in [-0.4, -0.2) is 23.6 Å². The predicted octanol–water partition coefficient (Wildman–Crippen LogP) is 3.28. The van der Waals surface area contributed by atoms with E-state index in [1.807, 2.05) is 24.6 Å². The number of anilines is 1. The number of nitriles is 1. The fourth-order valence-electron chi connectivity index (χ4n) is 2.85. The van der Waals surface area contributed by atoms with E-state index in [9.17, 15) is 14.4 Å². The second-order valence-corrected chi connectivity index (χ2v) is 7.21. The van der Waals surface area contributed by atoms with Crippen LogP contribution >= 0.6 is 11.3 Å². The SMILES string of the molecule is CC(C)C[C@@H](C(N)=O)N(CC#N)c1cscc1-c1ccc(CO)c(F)c1. The zero-order chi connectivity index (χ0) is 19.3. The molecule has 0 aliphatic heterocycles. The van der Waals surface area contributed by atoms with Crippen LogP contribution in [0.4, 0.5) is 10.1 Å². The Kier molecular flexibility index (Phi) is 6.72. The highest BCUT2D eigenvalue weighted by Gasteiger charge is 2.27. The van der Waals surface area contributed by atoms with Crippen LogP contribution in [0.3, 0.4) is 0 Å². The Bertz CT molecular complexity index is 813. The number of carbonyl (C=O) groups excluding carboxylic acids is 1. The van der Waals surface area contributed by atoms with Gasteiger partial charge in [0.05, 0.1) is 18.4 Å². The van der Waals surface area contributed by atoms with Gasteiger partial charge in [0.15, 0.2) is 0 Å². The van der Waals surface area contributed by atoms with Gasteiger partial charge in [-0.25, -0.2) is 4.39 Å². The molecule has 26 heavy (non-hydrogen) atoms. The minimum absolute atomic E-state index is 0.00126. The normalized spacial score (nSPS) is 12.0. The maximum Gasteiger partial charge on any atom is 0.240 e. The Labute approximate surface area is 156 Å². The van der Waals surface area contributed by atoms with Crippen molar-refractivity contribution in [3.05, 3.63) is 40.3 Å². The lowest BCUT2D eigenvalue weighted by molar-refractivity contribution is -0.119. The standard InChI is InChI=1S/C19H22FN3O2S/c1-12(2)7-17(19(22)25)23(6-5-21)18-11-26-10-15(18)13-3-4-14(9-24)16(20)8-13/h3-4,8,10-12,17,24H,6-7,9H2,1-2H3,(H2,22,25)/t17-/m0/s1. The summed E-state index contributed by atoms with van der Waals surface area (Å²) in [6.07, 6.45) is 0.518. The van der Waals surface area contributed by atoms with Crippen molar-refractivity contribution in [3.63, 3.8) is 0 Å². The molecule has 0 saturated heterocycles. The van der Waals surface area contributed by atoms with Gasteiger partial charge in [-0.1, -0.05) is 26.0 Å². The Hall–Kier alpha value is -2.43. The number of hydrogen-bond donors (Lipinski definition) is 2. The number of halogens is 1. The van der Waals surface area contributed by atoms with E-state index in [0.717, 1.165) is 5.56 Å². The molecule has 2 aromatic rings. The second-order valence-electron chi connectivity index (χ2n) is 6.47. The van der Waals surface area contributed by atoms with Gasteiger partial charge in [-0.3, -0.25) is 4.79 Å². The quantitative estimate of drug-likeness (QED) is 0.693. The van der Waals surface area contributed by atoms with Crippen LogP contribution in [-0.2, 0) is 11.4 Å². The first-order valence-corrected chi connectivity index (χ1v) is 9.22. The van der Waals surface area contributed by atoms with E-state index in [1.54, 1.807) is 11.0 Å². The third kappa shape index (κ3) is 4.40. The number of aliphatic hydroxyl groups is 1. The van der Waals surface area contributed by atoms with E-state index < -0.39 is 17.8 Å². The molecule has 1 atom stereocenters. The fraction of sp³-hybridized carbons (Fsp3) is 0.368. The molecule has 138 valence electrons. The van der Waals surface area contributed by atoms with Crippen molar-refractivity contribution in [1.82, 2.24) is 0 Å². The molecular formula is C19H22FN3O2S. The fourth-order valence-corrected chi connectivity index (χ4v) is 3.71. The summed E-state index contributed by atoms with van der Waals surface area (Å²) in [5.41, 5.74) is 7.84. The molecule has 0 fully saturated rings. The summed E-state index contributed by atoms with van der Waals surface area (Å²) >= 11 is 1.40. The van der Waals surface area contributed by atoms with Crippen molar-refractivity contribution in [3.8, 4) is 17.2 Å². The summed E-state index contributed by atoms with van der Waals surface area (Å²) in [5, 5.41) is 22.1. The molecule has 1 aromatic carbocycles. The van der Waals surface area contributed by atoms with Crippen molar-refractivity contribution in [2.24, 2.45) is 11.7 Å². The molecule has 3 N–H and O–H groups in total. The molecule has 5 nitrogen and oxygen atoms in total. The van der Waals surface area contributed by atoms with E-state index in [4.69, 9.17) is 10.8 Å². The molecular weight excluding hydrogens is 353 g/mol. The molecule has 0 aliphatic carbocycles. The number of rotatable bonds is 8. The van der Waals surface area contributed by atoms with Crippen LogP contribution in [0, 0.1) is 23.1 Å². The molecule has 0 bridgehead atoms. The van der Waals surface area contributed by atoms with Crippen LogP contribution in [0.1, 0.15) is 25.8 Å². The zero-order valence-corrected chi connectivity index (χ0v) is 15.6. The zero-order valence-electron chi connectivity index (χ0n) is 14.8. The lowest BCUT2D eigenvalue weighted by atomic mass is 9.99. The number of thiophene rings is 1. The van der Waals surface area contributed by atoms with Gasteiger partial charge in [-0.15, -0.1) is 11.3 Å². The first-order valence-electron chi connectivity index (χ1n) is 8.27. The number of amides is 1. The largest absolute Gasteiger partial charge is 0.392 e. The third-order valence-electron chi connectivity index (χ3n) is 4.13. The van der Waals surface area contributed by atoms with Crippen LogP contribution in [0.5, 0.6) is 0 Å². The molecule has 0 unspecified atom stereocenters. The Morgan fingerprint density at radius 1 is 1.42 bits per heavy atom. The lowest BCUT2D eigenvalue weighted by Crippen LogP contribution is -2.46. The third-order valence-corrected chi connectivity index (χ3v) is 4.86. The Morgan fingerprint density at radius 2 is 2.15 bits per heavy atom. The van der Waals surface area contributed by atoms with Gasteiger partial charge in [-0.2, -0.15) is 5.26 Å². The van der Waals surface area contributed by atoms with Crippen molar-refractivity contribution in [2.75, 3.05) is 11.4 Å². The number of primary amides is 1. The molecule has 0 radical (unpaired) electrons. The van der Waals surface area contributed by atoms with Gasteiger partial charge >= 0.3 is 0 Å². The summed E-state index contributed by atoms with van der Waals surface area (Å²) < 4.78 is 14.1. The van der Waals surface area contributed by atoms with E-state index in [0.29, 0.717) is 17.7 Å². The van der Waals surface area contributed by atoms with Gasteiger partial charge in [0, 0.05) is 21.9 Å². The van der Waals surface area contributed by atoms with Gasteiger partial charge in [-0.05, 0) is 24.0 Å². The monoisotopic (exact) mass is 375 g/mol.